The fraction of sp³-hybridized carbons (Fsp3) is 0.744. The van der Waals surface area contributed by atoms with Gasteiger partial charge in [0.15, 0.2) is 18.5 Å². The Morgan fingerprint density at radius 2 is 1.76 bits per heavy atom. The Morgan fingerprint density at radius 1 is 1.05 bits per heavy atom. The normalized spacial score (nSPS) is 41.4. The fourth-order valence-electron chi connectivity index (χ4n) is 10.1. The maximum absolute atomic E-state index is 14.8. The third-order valence-electron chi connectivity index (χ3n) is 13.2. The zero-order valence-electron chi connectivity index (χ0n) is 36.1. The molecular formula is C43H64N4O12. The highest BCUT2D eigenvalue weighted by Crippen LogP contribution is 2.45. The molecule has 6 bridgehead atoms. The van der Waals surface area contributed by atoms with E-state index < -0.39 is 102 Å². The predicted octanol–water partition coefficient (Wildman–Crippen LogP) is 4.03. The van der Waals surface area contributed by atoms with E-state index in [1.807, 2.05) is 59.7 Å². The molecule has 0 aromatic heterocycles. The number of aliphatic hydroxyl groups is 1. The number of cyclic esters (lactones) is 1. The number of amides is 2. The van der Waals surface area contributed by atoms with Gasteiger partial charge in [-0.15, -0.1) is 0 Å². The van der Waals surface area contributed by atoms with Gasteiger partial charge in [0.05, 0.1) is 61.3 Å². The number of ketones is 1. The second kappa shape index (κ2) is 18.1. The van der Waals surface area contributed by atoms with Crippen molar-refractivity contribution < 1.29 is 57.5 Å². The number of likely N-dealkylation sites (N-methyl/N-ethyl adjacent to an activating group) is 1. The molecule has 5 aliphatic heterocycles. The van der Waals surface area contributed by atoms with E-state index in [0.29, 0.717) is 17.8 Å². The Kier molecular flexibility index (Phi) is 13.8. The monoisotopic (exact) mass is 828 g/mol. The Balaban J connectivity index is 1.49. The quantitative estimate of drug-likeness (QED) is 0.283. The SMILES string of the molecule is CC[C@H]1OC(=O)[C@H](C)[C@H]2OCC3COC(C)(C[C@@H](C)C(=O)[C@H](C)[C@@H]4N(C/C3=N/OCC(=O)Nc3ccccc3)C(=O)OC41C)[C@H](O[C@@H]1O[C@H](C)C[C@H](N(C)C)[C@H]1O)[C@H]2C. The van der Waals surface area contributed by atoms with Crippen LogP contribution in [0.25, 0.3) is 0 Å². The van der Waals surface area contributed by atoms with E-state index in [1.54, 1.807) is 45.0 Å². The van der Waals surface area contributed by atoms with Crippen LogP contribution in [-0.4, -0.2) is 145 Å². The van der Waals surface area contributed by atoms with Crippen LogP contribution in [0.2, 0.25) is 0 Å². The number of esters is 1. The van der Waals surface area contributed by atoms with E-state index >= 15 is 0 Å². The van der Waals surface area contributed by atoms with Crippen LogP contribution < -0.4 is 5.32 Å². The lowest BCUT2D eigenvalue weighted by atomic mass is 9.73. The number of carbonyl (C=O) groups excluding carboxylic acids is 4. The summed E-state index contributed by atoms with van der Waals surface area (Å²) >= 11 is 0. The summed E-state index contributed by atoms with van der Waals surface area (Å²) in [5, 5.41) is 19.0. The van der Waals surface area contributed by atoms with E-state index in [1.165, 1.54) is 4.90 Å². The molecule has 0 saturated carbocycles. The standard InChI is InChI=1S/C43H64N4O12/c1-11-32-43(8)37-25(4)34(49)23(2)18-42(7)38(58-40-35(50)31(46(9)10)17-24(3)56-40)26(5)36(27(6)39(51)57-32)53-20-28(21-54-42)30(19-47(37)41(52)59-43)45-55-22-33(48)44-29-15-13-12-14-16-29/h12-16,23-28,31-32,35-38,40,50H,11,17-22H2,1-10H3,(H,44,48)/b45-30-/t23-,24-,25+,26+,27-,28?,31+,32-,35-,36+,37+,38-,40+,42?,43?/m1/s1. The van der Waals surface area contributed by atoms with E-state index in [-0.39, 0.29) is 50.5 Å². The van der Waals surface area contributed by atoms with E-state index in [9.17, 15) is 24.3 Å². The van der Waals surface area contributed by atoms with Gasteiger partial charge < -0.3 is 48.6 Å². The van der Waals surface area contributed by atoms with Gasteiger partial charge in [0, 0.05) is 35.4 Å². The zero-order valence-corrected chi connectivity index (χ0v) is 36.1. The highest BCUT2D eigenvalue weighted by molar-refractivity contribution is 5.93. The van der Waals surface area contributed by atoms with Crippen molar-refractivity contribution in [3.63, 3.8) is 0 Å². The molecule has 0 radical (unpaired) electrons. The van der Waals surface area contributed by atoms with Gasteiger partial charge in [0.2, 0.25) is 0 Å². The first-order chi connectivity index (χ1) is 27.9. The van der Waals surface area contributed by atoms with Gasteiger partial charge in [0.1, 0.15) is 18.0 Å². The topological polar surface area (TPSA) is 184 Å². The number of Topliss-reactive ketones (excluding diaryl/α,β-unsaturated/α-hetero) is 1. The third kappa shape index (κ3) is 9.18. The van der Waals surface area contributed by atoms with Crippen LogP contribution in [0, 0.1) is 29.6 Å². The first-order valence-corrected chi connectivity index (χ1v) is 21.1. The van der Waals surface area contributed by atoms with E-state index in [2.05, 4.69) is 10.5 Å². The van der Waals surface area contributed by atoms with Crippen molar-refractivity contribution in [2.45, 2.75) is 135 Å². The fourth-order valence-corrected chi connectivity index (χ4v) is 10.1. The minimum absolute atomic E-state index is 0.0256. The van der Waals surface area contributed by atoms with Gasteiger partial charge in [-0.1, -0.05) is 51.0 Å². The minimum atomic E-state index is -1.43. The number of para-hydroxylation sites is 1. The van der Waals surface area contributed by atoms with Crippen LogP contribution in [0.15, 0.2) is 35.5 Å². The van der Waals surface area contributed by atoms with E-state index in [4.69, 9.17) is 33.3 Å². The molecule has 59 heavy (non-hydrogen) atoms. The number of anilines is 1. The molecule has 6 rings (SSSR count). The van der Waals surface area contributed by atoms with E-state index in [0.717, 1.165) is 0 Å². The molecule has 1 aromatic rings. The Hall–Kier alpha value is -3.67. The van der Waals surface area contributed by atoms with Crippen molar-refractivity contribution >= 4 is 35.2 Å². The molecule has 15 atom stereocenters. The number of fused-ring (bicyclic) bond motifs is 5. The Labute approximate surface area is 347 Å². The van der Waals surface area contributed by atoms with Crippen LogP contribution >= 0.6 is 0 Å². The van der Waals surface area contributed by atoms with Crippen molar-refractivity contribution in [1.82, 2.24) is 9.80 Å². The first-order valence-electron chi connectivity index (χ1n) is 21.1. The molecule has 16 nitrogen and oxygen atoms in total. The number of nitrogens with one attached hydrogen (secondary N) is 1. The molecule has 328 valence electrons. The Bertz CT molecular complexity index is 1710. The molecule has 5 heterocycles. The molecule has 5 saturated heterocycles. The molecule has 16 heteroatoms. The first kappa shape index (κ1) is 44.9. The van der Waals surface area contributed by atoms with Crippen LogP contribution in [0.3, 0.4) is 0 Å². The number of hydrogen-bond donors (Lipinski definition) is 2. The zero-order chi connectivity index (χ0) is 43.0. The summed E-state index contributed by atoms with van der Waals surface area (Å²) in [5.41, 5.74) is -1.77. The van der Waals surface area contributed by atoms with Gasteiger partial charge in [-0.05, 0) is 73.2 Å². The molecule has 5 aliphatic rings. The predicted molar refractivity (Wildman–Crippen MR) is 215 cm³/mol. The molecule has 2 N–H and O–H groups in total. The molecule has 3 unspecified atom stereocenters. The lowest BCUT2D eigenvalue weighted by Gasteiger charge is -2.48. The second-order valence-electron chi connectivity index (χ2n) is 17.9. The number of oxime groups is 1. The number of rotatable bonds is 8. The summed E-state index contributed by atoms with van der Waals surface area (Å²) in [7, 11) is 3.80. The molecule has 0 aliphatic carbocycles. The number of hydrogen-bond acceptors (Lipinski definition) is 14. The van der Waals surface area contributed by atoms with Gasteiger partial charge in [-0.3, -0.25) is 19.3 Å². The molecule has 0 spiro atoms. The number of ether oxygens (including phenoxy) is 6. The maximum Gasteiger partial charge on any atom is 0.411 e. The summed E-state index contributed by atoms with van der Waals surface area (Å²) in [6, 6.07) is 7.78. The summed E-state index contributed by atoms with van der Waals surface area (Å²) < 4.78 is 39.5. The highest BCUT2D eigenvalue weighted by atomic mass is 16.7. The van der Waals surface area contributed by atoms with Crippen molar-refractivity contribution in [2.75, 3.05) is 45.8 Å². The summed E-state index contributed by atoms with van der Waals surface area (Å²) in [5.74, 6) is -4.74. The van der Waals surface area contributed by atoms with Crippen LogP contribution in [-0.2, 0) is 47.6 Å². The second-order valence-corrected chi connectivity index (χ2v) is 17.9. The van der Waals surface area contributed by atoms with Crippen molar-refractivity contribution in [1.29, 1.82) is 0 Å². The van der Waals surface area contributed by atoms with Gasteiger partial charge in [0.25, 0.3) is 5.91 Å². The minimum Gasteiger partial charge on any atom is -0.458 e. The molecule has 1 aromatic carbocycles. The number of nitrogens with zero attached hydrogens (tertiary/aromatic N) is 3. The lowest BCUT2D eigenvalue weighted by Crippen LogP contribution is -2.61. The third-order valence-corrected chi connectivity index (χ3v) is 13.2. The van der Waals surface area contributed by atoms with Crippen molar-refractivity contribution in [3.8, 4) is 0 Å². The van der Waals surface area contributed by atoms with Gasteiger partial charge in [-0.25, -0.2) is 4.79 Å². The van der Waals surface area contributed by atoms with Crippen LogP contribution in [0.1, 0.15) is 74.7 Å². The smallest absolute Gasteiger partial charge is 0.411 e. The number of aliphatic hydroxyl groups excluding tert-OH is 1. The maximum atomic E-state index is 14.8. The van der Waals surface area contributed by atoms with Crippen LogP contribution in [0.4, 0.5) is 10.5 Å². The van der Waals surface area contributed by atoms with Gasteiger partial charge >= 0.3 is 12.1 Å². The van der Waals surface area contributed by atoms with Crippen LogP contribution in [0.5, 0.6) is 0 Å². The summed E-state index contributed by atoms with van der Waals surface area (Å²) in [4.78, 5) is 65.4. The van der Waals surface area contributed by atoms with Crippen molar-refractivity contribution in [2.24, 2.45) is 34.7 Å². The largest absolute Gasteiger partial charge is 0.458 e. The summed E-state index contributed by atoms with van der Waals surface area (Å²) in [6.45, 7) is 14.0. The lowest BCUT2D eigenvalue weighted by molar-refractivity contribution is -0.302. The van der Waals surface area contributed by atoms with Crippen molar-refractivity contribution in [3.05, 3.63) is 30.3 Å². The number of benzene rings is 1. The average molecular weight is 829 g/mol. The Morgan fingerprint density at radius 3 is 2.44 bits per heavy atom. The number of carbonyl (C=O) groups is 4. The molecule has 2 amide bonds. The highest BCUT2D eigenvalue weighted by Gasteiger charge is 2.61. The van der Waals surface area contributed by atoms with Gasteiger partial charge in [-0.2, -0.15) is 0 Å². The average Bonchev–Trinajstić information content (AvgIpc) is 3.46. The molecule has 5 fully saturated rings. The summed E-state index contributed by atoms with van der Waals surface area (Å²) in [6.07, 6.45) is -4.66. The molecular weight excluding hydrogens is 764 g/mol.